The van der Waals surface area contributed by atoms with E-state index in [2.05, 4.69) is 26.0 Å². The molecule has 0 aromatic heterocycles. The van der Waals surface area contributed by atoms with Gasteiger partial charge in [0.2, 0.25) is 0 Å². The van der Waals surface area contributed by atoms with Crippen LogP contribution in [0.15, 0.2) is 60.7 Å². The highest BCUT2D eigenvalue weighted by Crippen LogP contribution is 2.66. The molecule has 0 spiro atoms. The third-order valence-corrected chi connectivity index (χ3v) is 19.2. The Labute approximate surface area is 370 Å². The normalized spacial score (nSPS) is 44.0. The van der Waals surface area contributed by atoms with Crippen molar-refractivity contribution in [2.45, 2.75) is 176 Å². The zero-order chi connectivity index (χ0) is 41.7. The second-order valence-corrected chi connectivity index (χ2v) is 22.6. The number of aliphatic hydroxyl groups is 2. The first-order chi connectivity index (χ1) is 28.1. The molecule has 10 rings (SSSR count). The number of benzene rings is 2. The SMILES string of the molecule is C.C.C[C@@]1(O)CC[C@H]2[C@H](CC[C@@H]3[C@@H]2CC[C@]2(C)[C@@H](C(=O)Cc4ccccc4)CC[C@@H]32)C1.C[C@@]1(O)CC[C@H]2[C@H](CC[C@@H]3[C@@H]2CC[C@]2(C)[C@@H](C(=O)O)CC[C@@H]32)C1.Nc1ccccc1. The second kappa shape index (κ2) is 18.8. The number of ketones is 1. The molecular formula is C55H85NO5. The summed E-state index contributed by atoms with van der Waals surface area (Å²) in [4.78, 5) is 25.0. The minimum atomic E-state index is -0.559. The van der Waals surface area contributed by atoms with Crippen molar-refractivity contribution in [3.63, 3.8) is 0 Å². The summed E-state index contributed by atoms with van der Waals surface area (Å²) in [7, 11) is 0. The van der Waals surface area contributed by atoms with E-state index in [1.807, 2.05) is 62.4 Å². The molecule has 8 aliphatic rings. The van der Waals surface area contributed by atoms with Crippen LogP contribution >= 0.6 is 0 Å². The van der Waals surface area contributed by atoms with E-state index in [0.29, 0.717) is 24.0 Å². The monoisotopic (exact) mass is 840 g/mol. The highest BCUT2D eigenvalue weighted by atomic mass is 16.4. The summed E-state index contributed by atoms with van der Waals surface area (Å²) in [5, 5.41) is 30.6. The summed E-state index contributed by atoms with van der Waals surface area (Å²) < 4.78 is 0. The number of nitrogens with two attached hydrogens (primary N) is 1. The molecule has 8 aliphatic carbocycles. The van der Waals surface area contributed by atoms with Gasteiger partial charge < -0.3 is 21.1 Å². The largest absolute Gasteiger partial charge is 0.481 e. The first-order valence-electron chi connectivity index (χ1n) is 24.1. The van der Waals surface area contributed by atoms with Crippen molar-refractivity contribution >= 4 is 17.4 Å². The molecule has 340 valence electrons. The van der Waals surface area contributed by atoms with Crippen LogP contribution in [0.4, 0.5) is 5.69 Å². The maximum Gasteiger partial charge on any atom is 0.307 e. The zero-order valence-electron chi connectivity index (χ0n) is 36.9. The van der Waals surface area contributed by atoms with Gasteiger partial charge in [-0.1, -0.05) is 77.2 Å². The highest BCUT2D eigenvalue weighted by Gasteiger charge is 2.60. The van der Waals surface area contributed by atoms with Gasteiger partial charge in [-0.3, -0.25) is 9.59 Å². The summed E-state index contributed by atoms with van der Waals surface area (Å²) in [5.74, 6) is 7.76. The fourth-order valence-corrected chi connectivity index (χ4v) is 16.5. The number of fused-ring (bicyclic) bond motifs is 10. The molecule has 0 radical (unpaired) electrons. The first kappa shape index (κ1) is 47.8. The van der Waals surface area contributed by atoms with Crippen LogP contribution in [0.3, 0.4) is 0 Å². The fraction of sp³-hybridized carbons (Fsp3) is 0.745. The molecule has 61 heavy (non-hydrogen) atoms. The van der Waals surface area contributed by atoms with Crippen molar-refractivity contribution in [2.75, 3.05) is 5.73 Å². The predicted molar refractivity (Wildman–Crippen MR) is 250 cm³/mol. The van der Waals surface area contributed by atoms with E-state index >= 15 is 0 Å². The molecule has 8 saturated carbocycles. The molecule has 0 amide bonds. The smallest absolute Gasteiger partial charge is 0.307 e. The predicted octanol–water partition coefficient (Wildman–Crippen LogP) is 12.4. The summed E-state index contributed by atoms with van der Waals surface area (Å²) in [6.45, 7) is 8.80. The van der Waals surface area contributed by atoms with Gasteiger partial charge in [-0.2, -0.15) is 0 Å². The van der Waals surface area contributed by atoms with Crippen molar-refractivity contribution < 1.29 is 24.9 Å². The number of para-hydroxylation sites is 1. The van der Waals surface area contributed by atoms with Crippen molar-refractivity contribution in [1.29, 1.82) is 0 Å². The van der Waals surface area contributed by atoms with Crippen LogP contribution in [-0.4, -0.2) is 38.3 Å². The van der Waals surface area contributed by atoms with E-state index in [0.717, 1.165) is 104 Å². The number of hydrogen-bond acceptors (Lipinski definition) is 5. The van der Waals surface area contributed by atoms with Gasteiger partial charge in [-0.25, -0.2) is 0 Å². The molecule has 8 fully saturated rings. The molecule has 0 heterocycles. The van der Waals surface area contributed by atoms with Gasteiger partial charge >= 0.3 is 5.97 Å². The number of aliphatic carboxylic acids is 1. The Morgan fingerprint density at radius 2 is 0.967 bits per heavy atom. The van der Waals surface area contributed by atoms with Gasteiger partial charge in [0.05, 0.1) is 17.1 Å². The fourth-order valence-electron chi connectivity index (χ4n) is 16.5. The molecule has 16 atom stereocenters. The highest BCUT2D eigenvalue weighted by molar-refractivity contribution is 5.84. The van der Waals surface area contributed by atoms with Crippen LogP contribution in [-0.2, 0) is 16.0 Å². The molecule has 0 bridgehead atoms. The van der Waals surface area contributed by atoms with Gasteiger partial charge in [-0.15, -0.1) is 0 Å². The Morgan fingerprint density at radius 1 is 0.541 bits per heavy atom. The van der Waals surface area contributed by atoms with Gasteiger partial charge in [0.15, 0.2) is 0 Å². The number of hydrogen-bond donors (Lipinski definition) is 4. The number of carbonyl (C=O) groups excluding carboxylic acids is 1. The number of anilines is 1. The Morgan fingerprint density at radius 3 is 1.41 bits per heavy atom. The van der Waals surface area contributed by atoms with Crippen LogP contribution in [0.1, 0.15) is 164 Å². The van der Waals surface area contributed by atoms with Crippen LogP contribution in [0.25, 0.3) is 0 Å². The maximum absolute atomic E-state index is 13.3. The van der Waals surface area contributed by atoms with Crippen LogP contribution in [0.5, 0.6) is 0 Å². The van der Waals surface area contributed by atoms with Crippen LogP contribution in [0.2, 0.25) is 0 Å². The third kappa shape index (κ3) is 9.57. The second-order valence-electron chi connectivity index (χ2n) is 22.6. The molecule has 6 heteroatoms. The summed E-state index contributed by atoms with van der Waals surface area (Å²) in [6, 6.07) is 19.8. The minimum Gasteiger partial charge on any atom is -0.481 e. The number of carboxylic acid groups (broad SMARTS) is 1. The van der Waals surface area contributed by atoms with E-state index in [4.69, 9.17) is 5.73 Å². The topological polar surface area (TPSA) is 121 Å². The molecule has 2 aromatic rings. The Hall–Kier alpha value is -2.70. The van der Waals surface area contributed by atoms with Gasteiger partial charge in [0.1, 0.15) is 5.78 Å². The Balaban J connectivity index is 0.000000174. The van der Waals surface area contributed by atoms with E-state index in [1.165, 1.54) is 69.8 Å². The van der Waals surface area contributed by atoms with Crippen LogP contribution < -0.4 is 5.73 Å². The molecule has 6 nitrogen and oxygen atoms in total. The lowest BCUT2D eigenvalue weighted by atomic mass is 9.49. The molecule has 0 unspecified atom stereocenters. The number of carbonyl (C=O) groups is 2. The van der Waals surface area contributed by atoms with Crippen LogP contribution in [0, 0.1) is 81.8 Å². The lowest BCUT2D eigenvalue weighted by molar-refractivity contribution is -0.150. The zero-order valence-corrected chi connectivity index (χ0v) is 36.9. The number of Topliss-reactive ketones (excluding diaryl/α,β-unsaturated/α-hetero) is 1. The summed E-state index contributed by atoms with van der Waals surface area (Å²) >= 11 is 0. The van der Waals surface area contributed by atoms with Gasteiger partial charge in [0, 0.05) is 18.0 Å². The lowest BCUT2D eigenvalue weighted by Gasteiger charge is -2.56. The molecular weight excluding hydrogens is 755 g/mol. The van der Waals surface area contributed by atoms with Crippen molar-refractivity contribution in [2.24, 2.45) is 81.8 Å². The quantitative estimate of drug-likeness (QED) is 0.228. The average molecular weight is 840 g/mol. The van der Waals surface area contributed by atoms with Gasteiger partial charge in [0.25, 0.3) is 0 Å². The van der Waals surface area contributed by atoms with Gasteiger partial charge in [-0.05, 0) is 217 Å². The lowest BCUT2D eigenvalue weighted by Crippen LogP contribution is -2.51. The Kier molecular flexibility index (Phi) is 14.7. The number of nitrogen functional groups attached to an aromatic ring is 1. The number of rotatable bonds is 4. The van der Waals surface area contributed by atoms with E-state index in [9.17, 15) is 24.9 Å². The van der Waals surface area contributed by atoms with E-state index < -0.39 is 17.2 Å². The first-order valence-corrected chi connectivity index (χ1v) is 24.1. The number of carboxylic acids is 1. The van der Waals surface area contributed by atoms with Crippen molar-refractivity contribution in [1.82, 2.24) is 0 Å². The van der Waals surface area contributed by atoms with E-state index in [-0.39, 0.29) is 37.5 Å². The minimum absolute atomic E-state index is 0. The molecule has 0 aliphatic heterocycles. The molecule has 0 saturated heterocycles. The van der Waals surface area contributed by atoms with Crippen molar-refractivity contribution in [3.05, 3.63) is 66.2 Å². The third-order valence-electron chi connectivity index (χ3n) is 19.2. The summed E-state index contributed by atoms with van der Waals surface area (Å²) in [5.41, 5.74) is 6.74. The average Bonchev–Trinajstić information content (AvgIpc) is 3.75. The molecule has 2 aromatic carbocycles. The van der Waals surface area contributed by atoms with E-state index in [1.54, 1.807) is 0 Å². The standard InChI is InChI=1S/C27H38O2.C20H32O3.C6H7N.2CH4/c1-26(29)14-12-20-19(17-26)8-9-22-21(20)13-15-27(2)23(22)10-11-24(27)25(28)16-18-6-4-3-5-7-18;1-19(23)9-7-13-12(11-19)3-4-15-14(13)8-10-20(2)16(15)5-6-17(20)18(21)22;7-6-4-2-1-3-5-6;;/h3-7,19-24,29H,8-17H2,1-2H3;12-17,23H,3-11H2,1-2H3,(H,21,22);1-5H,7H2;2*1H4/t19-,20+,21-,22-,23+,24-,26-,27+;12-,13+,14-,15-,16+,17-,19-,20+;;;/m11.../s1. The Bertz CT molecular complexity index is 1760. The molecule has 5 N–H and O–H groups in total. The summed E-state index contributed by atoms with van der Waals surface area (Å²) in [6.07, 6.45) is 21.4. The van der Waals surface area contributed by atoms with Crippen molar-refractivity contribution in [3.8, 4) is 0 Å². The maximum atomic E-state index is 13.3.